The highest BCUT2D eigenvalue weighted by molar-refractivity contribution is 6.30. The summed E-state index contributed by atoms with van der Waals surface area (Å²) >= 11 is 5.96. The molecule has 1 aromatic carbocycles. The normalized spacial score (nSPS) is 22.7. The molecule has 2 rings (SSSR count). The minimum absolute atomic E-state index is 0.0180. The number of hydrogen-bond donors (Lipinski definition) is 3. The highest BCUT2D eigenvalue weighted by atomic mass is 35.5. The van der Waals surface area contributed by atoms with Gasteiger partial charge in [0, 0.05) is 23.5 Å². The first-order chi connectivity index (χ1) is 14.1. The Morgan fingerprint density at radius 1 is 1.26 bits per heavy atom. The number of amides is 1. The number of benzene rings is 1. The maximum Gasteiger partial charge on any atom is 0.490 e. The molecule has 1 fully saturated rings. The summed E-state index contributed by atoms with van der Waals surface area (Å²) in [5.74, 6) is -2.62. The average Bonchev–Trinajstić information content (AvgIpc) is 2.68. The molecule has 0 radical (unpaired) electrons. The topological polar surface area (TPSA) is 104 Å². The minimum atomic E-state index is -5.08. The summed E-state index contributed by atoms with van der Waals surface area (Å²) in [6.07, 6.45) is -3.72. The standard InChI is InChI=1S/C19H29ClN2O2.C2HF3O2/c1-5-13(2)16(21)17(23)22-11-10-19(24,18(3,4)12-22)14-6-8-15(20)9-7-14;3-2(4,5)1(6)7/h6-9,13,16,24H,5,10-12,21H2,1-4H3;(H,6,7)/t13-,16+,19-;/m0./s1. The third-order valence-electron chi connectivity index (χ3n) is 5.87. The van der Waals surface area contributed by atoms with Crippen molar-refractivity contribution in [3.05, 3.63) is 34.9 Å². The number of carbonyl (C=O) groups excluding carboxylic acids is 1. The number of nitrogens with zero attached hydrogens (tertiary/aromatic N) is 1. The largest absolute Gasteiger partial charge is 0.490 e. The highest BCUT2D eigenvalue weighted by Gasteiger charge is 2.50. The van der Waals surface area contributed by atoms with Crippen LogP contribution in [-0.4, -0.2) is 52.3 Å². The van der Waals surface area contributed by atoms with Crippen LogP contribution in [0.25, 0.3) is 0 Å². The zero-order valence-corrected chi connectivity index (χ0v) is 18.8. The van der Waals surface area contributed by atoms with E-state index in [-0.39, 0.29) is 11.8 Å². The molecular weight excluding hydrogens is 437 g/mol. The number of hydrogen-bond acceptors (Lipinski definition) is 4. The summed E-state index contributed by atoms with van der Waals surface area (Å²) in [7, 11) is 0. The Kier molecular flexibility index (Phi) is 8.94. The number of aliphatic hydroxyl groups is 1. The van der Waals surface area contributed by atoms with Gasteiger partial charge in [-0.3, -0.25) is 4.79 Å². The zero-order valence-electron chi connectivity index (χ0n) is 18.0. The van der Waals surface area contributed by atoms with Crippen LogP contribution in [0.3, 0.4) is 0 Å². The van der Waals surface area contributed by atoms with Crippen LogP contribution in [0.1, 0.15) is 46.1 Å². The van der Waals surface area contributed by atoms with E-state index in [0.29, 0.717) is 24.5 Å². The predicted molar refractivity (Wildman–Crippen MR) is 111 cm³/mol. The fourth-order valence-corrected chi connectivity index (χ4v) is 3.61. The van der Waals surface area contributed by atoms with Crippen LogP contribution in [0.4, 0.5) is 13.2 Å². The Morgan fingerprint density at radius 2 is 1.74 bits per heavy atom. The number of carboxylic acids is 1. The number of piperidine rings is 1. The summed E-state index contributed by atoms with van der Waals surface area (Å²) in [6, 6.07) is 6.84. The molecule has 3 atom stereocenters. The SMILES string of the molecule is CC[C@H](C)[C@@H](N)C(=O)N1CC[C@](O)(c2ccc(Cl)cc2)C(C)(C)C1.O=C(O)C(F)(F)F. The molecule has 0 aromatic heterocycles. The van der Waals surface area contributed by atoms with E-state index in [1.54, 1.807) is 17.0 Å². The molecule has 1 saturated heterocycles. The van der Waals surface area contributed by atoms with Crippen molar-refractivity contribution in [1.82, 2.24) is 4.90 Å². The van der Waals surface area contributed by atoms with E-state index >= 15 is 0 Å². The Balaban J connectivity index is 0.000000592. The van der Waals surface area contributed by atoms with Gasteiger partial charge in [0.15, 0.2) is 0 Å². The van der Waals surface area contributed by atoms with Crippen molar-refractivity contribution in [3.63, 3.8) is 0 Å². The predicted octanol–water partition coefficient (Wildman–Crippen LogP) is 3.79. The number of nitrogens with two attached hydrogens (primary N) is 1. The van der Waals surface area contributed by atoms with Crippen molar-refractivity contribution in [2.75, 3.05) is 13.1 Å². The first-order valence-electron chi connectivity index (χ1n) is 9.89. The van der Waals surface area contributed by atoms with Crippen molar-refractivity contribution in [2.45, 2.75) is 58.4 Å². The molecule has 10 heteroatoms. The van der Waals surface area contributed by atoms with Crippen molar-refractivity contribution >= 4 is 23.5 Å². The van der Waals surface area contributed by atoms with Crippen LogP contribution < -0.4 is 5.73 Å². The Labute approximate surface area is 185 Å². The fourth-order valence-electron chi connectivity index (χ4n) is 3.48. The maximum atomic E-state index is 12.7. The minimum Gasteiger partial charge on any atom is -0.475 e. The number of carboxylic acid groups (broad SMARTS) is 1. The fraction of sp³-hybridized carbons (Fsp3) is 0.619. The molecule has 176 valence electrons. The molecule has 6 nitrogen and oxygen atoms in total. The number of carbonyl (C=O) groups is 2. The van der Waals surface area contributed by atoms with Gasteiger partial charge in [-0.15, -0.1) is 0 Å². The second kappa shape index (κ2) is 10.2. The summed E-state index contributed by atoms with van der Waals surface area (Å²) in [6.45, 7) is 9.02. The average molecular weight is 467 g/mol. The van der Waals surface area contributed by atoms with Gasteiger partial charge < -0.3 is 20.8 Å². The third kappa shape index (κ3) is 6.57. The summed E-state index contributed by atoms with van der Waals surface area (Å²) in [5.41, 5.74) is 5.49. The van der Waals surface area contributed by atoms with Crippen molar-refractivity contribution in [3.8, 4) is 0 Å². The van der Waals surface area contributed by atoms with Crippen LogP contribution >= 0.6 is 11.6 Å². The van der Waals surface area contributed by atoms with Gasteiger partial charge in [-0.2, -0.15) is 13.2 Å². The molecule has 1 aromatic rings. The van der Waals surface area contributed by atoms with Gasteiger partial charge in [0.25, 0.3) is 0 Å². The number of alkyl halides is 3. The zero-order chi connectivity index (χ0) is 24.2. The van der Waals surface area contributed by atoms with Crippen LogP contribution in [0, 0.1) is 11.3 Å². The lowest BCUT2D eigenvalue weighted by Crippen LogP contribution is -2.59. The molecule has 1 heterocycles. The molecule has 0 bridgehead atoms. The molecule has 0 unspecified atom stereocenters. The monoisotopic (exact) mass is 466 g/mol. The lowest BCUT2D eigenvalue weighted by Gasteiger charge is -2.51. The number of likely N-dealkylation sites (tertiary alicyclic amines) is 1. The lowest BCUT2D eigenvalue weighted by atomic mass is 9.66. The van der Waals surface area contributed by atoms with E-state index in [1.807, 2.05) is 39.8 Å². The summed E-state index contributed by atoms with van der Waals surface area (Å²) in [4.78, 5) is 23.4. The van der Waals surface area contributed by atoms with Crippen LogP contribution in [0.2, 0.25) is 5.02 Å². The van der Waals surface area contributed by atoms with E-state index in [1.165, 1.54) is 0 Å². The molecule has 1 amide bonds. The van der Waals surface area contributed by atoms with Crippen LogP contribution in [-0.2, 0) is 15.2 Å². The quantitative estimate of drug-likeness (QED) is 0.626. The molecular formula is C21H30ClF3N2O4. The van der Waals surface area contributed by atoms with Gasteiger partial charge >= 0.3 is 12.1 Å². The molecule has 0 spiro atoms. The second-order valence-electron chi connectivity index (χ2n) is 8.48. The van der Waals surface area contributed by atoms with Crippen LogP contribution in [0.15, 0.2) is 24.3 Å². The number of rotatable bonds is 4. The van der Waals surface area contributed by atoms with Crippen molar-refractivity contribution in [2.24, 2.45) is 17.1 Å². The van der Waals surface area contributed by atoms with Crippen molar-refractivity contribution < 1.29 is 33.0 Å². The Hall–Kier alpha value is -1.84. The molecule has 0 saturated carbocycles. The maximum absolute atomic E-state index is 12.7. The first-order valence-corrected chi connectivity index (χ1v) is 10.3. The van der Waals surface area contributed by atoms with Crippen LogP contribution in [0.5, 0.6) is 0 Å². The van der Waals surface area contributed by atoms with E-state index < -0.39 is 29.2 Å². The van der Waals surface area contributed by atoms with E-state index in [4.69, 9.17) is 27.2 Å². The molecule has 1 aliphatic rings. The van der Waals surface area contributed by atoms with Gasteiger partial charge in [0.1, 0.15) is 0 Å². The Morgan fingerprint density at radius 3 is 2.13 bits per heavy atom. The van der Waals surface area contributed by atoms with E-state index in [9.17, 15) is 23.1 Å². The number of aliphatic carboxylic acids is 1. The van der Waals surface area contributed by atoms with Gasteiger partial charge in [0.2, 0.25) is 5.91 Å². The molecule has 1 aliphatic heterocycles. The Bertz CT molecular complexity index is 771. The molecule has 31 heavy (non-hydrogen) atoms. The van der Waals surface area contributed by atoms with Gasteiger partial charge in [-0.05, 0) is 30.0 Å². The summed E-state index contributed by atoms with van der Waals surface area (Å²) in [5, 5.41) is 19.1. The van der Waals surface area contributed by atoms with Crippen molar-refractivity contribution in [1.29, 1.82) is 0 Å². The summed E-state index contributed by atoms with van der Waals surface area (Å²) < 4.78 is 31.7. The van der Waals surface area contributed by atoms with E-state index in [2.05, 4.69) is 0 Å². The lowest BCUT2D eigenvalue weighted by molar-refractivity contribution is -0.192. The van der Waals surface area contributed by atoms with Gasteiger partial charge in [-0.1, -0.05) is 57.8 Å². The molecule has 4 N–H and O–H groups in total. The van der Waals surface area contributed by atoms with Gasteiger partial charge in [0.05, 0.1) is 11.6 Å². The third-order valence-corrected chi connectivity index (χ3v) is 6.12. The highest BCUT2D eigenvalue weighted by Crippen LogP contribution is 2.46. The molecule has 0 aliphatic carbocycles. The number of halogens is 4. The van der Waals surface area contributed by atoms with E-state index in [0.717, 1.165) is 12.0 Å². The second-order valence-corrected chi connectivity index (χ2v) is 8.91. The smallest absolute Gasteiger partial charge is 0.475 e. The first kappa shape index (κ1) is 27.2. The van der Waals surface area contributed by atoms with Gasteiger partial charge in [-0.25, -0.2) is 4.79 Å².